The van der Waals surface area contributed by atoms with E-state index in [1.807, 2.05) is 82.3 Å². The van der Waals surface area contributed by atoms with E-state index in [0.717, 1.165) is 27.4 Å². The van der Waals surface area contributed by atoms with Gasteiger partial charge in [0.1, 0.15) is 18.3 Å². The van der Waals surface area contributed by atoms with Crippen LogP contribution in [0.1, 0.15) is 43.9 Å². The van der Waals surface area contributed by atoms with Gasteiger partial charge in [0.05, 0.1) is 17.2 Å². The number of amides is 2. The van der Waals surface area contributed by atoms with Gasteiger partial charge in [0.25, 0.3) is 10.0 Å². The third-order valence-electron chi connectivity index (χ3n) is 7.79. The number of hydrogen-bond donors (Lipinski definition) is 1. The van der Waals surface area contributed by atoms with Crippen LogP contribution < -0.4 is 14.4 Å². The van der Waals surface area contributed by atoms with E-state index in [2.05, 4.69) is 5.32 Å². The van der Waals surface area contributed by atoms with Gasteiger partial charge < -0.3 is 15.0 Å². The normalized spacial score (nSPS) is 12.5. The van der Waals surface area contributed by atoms with Crippen molar-refractivity contribution in [1.29, 1.82) is 0 Å². The van der Waals surface area contributed by atoms with Crippen LogP contribution in [0, 0.1) is 6.92 Å². The Morgan fingerprint density at radius 2 is 1.41 bits per heavy atom. The highest BCUT2D eigenvalue weighted by atomic mass is 32.2. The molecule has 0 aliphatic carbocycles. The van der Waals surface area contributed by atoms with Gasteiger partial charge in [0, 0.05) is 19.0 Å². The number of anilines is 1. The monoisotopic (exact) mass is 641 g/mol. The summed E-state index contributed by atoms with van der Waals surface area (Å²) in [4.78, 5) is 30.0. The van der Waals surface area contributed by atoms with Crippen molar-refractivity contribution in [2.75, 3.05) is 17.5 Å². The molecule has 0 radical (unpaired) electrons. The minimum Gasteiger partial charge on any atom is -0.494 e. The minimum atomic E-state index is -4.17. The van der Waals surface area contributed by atoms with Gasteiger partial charge in [-0.1, -0.05) is 85.3 Å². The summed E-state index contributed by atoms with van der Waals surface area (Å²) in [5.41, 5.74) is 3.08. The largest absolute Gasteiger partial charge is 0.494 e. The molecule has 0 spiro atoms. The second-order valence-corrected chi connectivity index (χ2v) is 13.1. The first kappa shape index (κ1) is 34.2. The van der Waals surface area contributed by atoms with Crippen LogP contribution in [-0.2, 0) is 32.6 Å². The maximum absolute atomic E-state index is 14.6. The molecule has 0 heterocycles. The fourth-order valence-corrected chi connectivity index (χ4v) is 6.44. The number of ether oxygens (including phenoxy) is 1. The molecule has 0 unspecified atom stereocenters. The minimum absolute atomic E-state index is 0.0529. The molecule has 0 bridgehead atoms. The fourth-order valence-electron chi connectivity index (χ4n) is 5.01. The van der Waals surface area contributed by atoms with E-state index < -0.39 is 28.5 Å². The number of carbonyl (C=O) groups excluding carboxylic acids is 2. The van der Waals surface area contributed by atoms with Crippen molar-refractivity contribution in [3.63, 3.8) is 0 Å². The third kappa shape index (κ3) is 8.97. The Balaban J connectivity index is 1.79. The molecule has 0 saturated carbocycles. The molecule has 2 amide bonds. The Hall–Kier alpha value is -4.63. The van der Waals surface area contributed by atoms with E-state index in [4.69, 9.17) is 4.74 Å². The lowest BCUT2D eigenvalue weighted by molar-refractivity contribution is -0.140. The lowest BCUT2D eigenvalue weighted by atomic mass is 10.0. The first-order chi connectivity index (χ1) is 22.1. The maximum atomic E-state index is 14.6. The summed E-state index contributed by atoms with van der Waals surface area (Å²) in [7, 11) is -4.17. The second-order valence-electron chi connectivity index (χ2n) is 11.3. The SMILES string of the molecule is CCOc1ccc(N(CC(=O)N(Cc2ccc(C)cc2)[C@H](Cc2ccccc2)C(=O)N[C@H](C)CC)S(=O)(=O)c2ccccc2)cc1. The number of sulfonamides is 1. The predicted molar refractivity (Wildman–Crippen MR) is 182 cm³/mol. The summed E-state index contributed by atoms with van der Waals surface area (Å²) in [6, 6.07) is 30.9. The van der Waals surface area contributed by atoms with Crippen molar-refractivity contribution in [2.24, 2.45) is 0 Å². The summed E-state index contributed by atoms with van der Waals surface area (Å²) in [5, 5.41) is 3.06. The first-order valence-electron chi connectivity index (χ1n) is 15.6. The van der Waals surface area contributed by atoms with Gasteiger partial charge in [-0.25, -0.2) is 8.42 Å². The molecule has 4 aromatic rings. The molecule has 4 rings (SSSR count). The topological polar surface area (TPSA) is 96.0 Å². The lowest BCUT2D eigenvalue weighted by Crippen LogP contribution is -2.54. The van der Waals surface area contributed by atoms with E-state index in [1.54, 1.807) is 42.5 Å². The van der Waals surface area contributed by atoms with Crippen molar-refractivity contribution in [3.05, 3.63) is 126 Å². The Kier molecular flexibility index (Phi) is 12.0. The van der Waals surface area contributed by atoms with Gasteiger partial charge in [-0.15, -0.1) is 0 Å². The summed E-state index contributed by atoms with van der Waals surface area (Å²) in [6.07, 6.45) is 0.978. The summed E-state index contributed by atoms with van der Waals surface area (Å²) in [6.45, 7) is 7.81. The predicted octanol–water partition coefficient (Wildman–Crippen LogP) is 6.14. The number of aryl methyl sites for hydroxylation is 1. The fraction of sp³-hybridized carbons (Fsp3) is 0.297. The van der Waals surface area contributed by atoms with Crippen LogP contribution >= 0.6 is 0 Å². The number of nitrogens with one attached hydrogen (secondary N) is 1. The second kappa shape index (κ2) is 16.1. The molecule has 4 aromatic carbocycles. The molecular formula is C37H43N3O5S. The lowest BCUT2D eigenvalue weighted by Gasteiger charge is -2.34. The molecule has 0 aliphatic heterocycles. The average molecular weight is 642 g/mol. The van der Waals surface area contributed by atoms with E-state index in [0.29, 0.717) is 18.0 Å². The number of nitrogens with zero attached hydrogens (tertiary/aromatic N) is 2. The van der Waals surface area contributed by atoms with E-state index in [-0.39, 0.29) is 29.8 Å². The zero-order chi connectivity index (χ0) is 33.1. The highest BCUT2D eigenvalue weighted by Gasteiger charge is 2.35. The highest BCUT2D eigenvalue weighted by Crippen LogP contribution is 2.27. The molecule has 0 saturated heterocycles. The average Bonchev–Trinajstić information content (AvgIpc) is 3.07. The van der Waals surface area contributed by atoms with Crippen LogP contribution in [0.15, 0.2) is 114 Å². The van der Waals surface area contributed by atoms with Crippen molar-refractivity contribution in [2.45, 2.75) is 64.1 Å². The Labute approximate surface area is 273 Å². The van der Waals surface area contributed by atoms with E-state index in [1.165, 1.54) is 17.0 Å². The summed E-state index contributed by atoms with van der Waals surface area (Å²) < 4.78 is 34.9. The third-order valence-corrected chi connectivity index (χ3v) is 9.58. The number of hydrogen-bond acceptors (Lipinski definition) is 5. The van der Waals surface area contributed by atoms with Gasteiger partial charge in [-0.2, -0.15) is 0 Å². The molecular weight excluding hydrogens is 598 g/mol. The Morgan fingerprint density at radius 1 is 0.804 bits per heavy atom. The van der Waals surface area contributed by atoms with E-state index >= 15 is 0 Å². The molecule has 242 valence electrons. The van der Waals surface area contributed by atoms with Crippen LogP contribution in [0.4, 0.5) is 5.69 Å². The van der Waals surface area contributed by atoms with Crippen LogP contribution in [0.3, 0.4) is 0 Å². The van der Waals surface area contributed by atoms with E-state index in [9.17, 15) is 18.0 Å². The van der Waals surface area contributed by atoms with Crippen molar-refractivity contribution in [1.82, 2.24) is 10.2 Å². The standard InChI is InChI=1S/C37H43N3O5S/c1-5-29(4)38-37(42)35(25-30-13-9-7-10-14-30)39(26-31-19-17-28(3)18-20-31)36(41)27-40(32-21-23-33(24-22-32)45-6-2)46(43,44)34-15-11-8-12-16-34/h7-24,29,35H,5-6,25-27H2,1-4H3,(H,38,42)/t29-,35-/m1/s1. The van der Waals surface area contributed by atoms with Crippen LogP contribution in [0.5, 0.6) is 5.75 Å². The quantitative estimate of drug-likeness (QED) is 0.168. The zero-order valence-electron chi connectivity index (χ0n) is 26.9. The number of carbonyl (C=O) groups is 2. The molecule has 0 aliphatic rings. The molecule has 0 aromatic heterocycles. The molecule has 46 heavy (non-hydrogen) atoms. The van der Waals surface area contributed by atoms with Crippen LogP contribution in [0.25, 0.3) is 0 Å². The summed E-state index contributed by atoms with van der Waals surface area (Å²) in [5.74, 6) is -0.216. The number of benzene rings is 4. The van der Waals surface area contributed by atoms with Gasteiger partial charge >= 0.3 is 0 Å². The summed E-state index contributed by atoms with van der Waals surface area (Å²) >= 11 is 0. The van der Waals surface area contributed by atoms with Gasteiger partial charge in [0.2, 0.25) is 11.8 Å². The van der Waals surface area contributed by atoms with Gasteiger partial charge in [0.15, 0.2) is 0 Å². The molecule has 0 fully saturated rings. The molecule has 1 N–H and O–H groups in total. The smallest absolute Gasteiger partial charge is 0.264 e. The highest BCUT2D eigenvalue weighted by molar-refractivity contribution is 7.92. The molecule has 8 nitrogen and oxygen atoms in total. The van der Waals surface area contributed by atoms with Gasteiger partial charge in [-0.05, 0) is 74.7 Å². The molecule has 2 atom stereocenters. The first-order valence-corrected chi connectivity index (χ1v) is 17.1. The number of rotatable bonds is 15. The van der Waals surface area contributed by atoms with Crippen molar-refractivity contribution in [3.8, 4) is 5.75 Å². The van der Waals surface area contributed by atoms with Crippen molar-refractivity contribution < 1.29 is 22.7 Å². The van der Waals surface area contributed by atoms with Crippen LogP contribution in [-0.4, -0.2) is 50.4 Å². The van der Waals surface area contributed by atoms with Crippen molar-refractivity contribution >= 4 is 27.5 Å². The Bertz CT molecular complexity index is 1660. The molecule has 9 heteroatoms. The van der Waals surface area contributed by atoms with Gasteiger partial charge in [-0.3, -0.25) is 13.9 Å². The Morgan fingerprint density at radius 3 is 2.00 bits per heavy atom. The zero-order valence-corrected chi connectivity index (χ0v) is 27.7. The maximum Gasteiger partial charge on any atom is 0.264 e. The van der Waals surface area contributed by atoms with Crippen LogP contribution in [0.2, 0.25) is 0 Å².